The molecule has 3 aromatic rings. The van der Waals surface area contributed by atoms with E-state index in [1.807, 2.05) is 45.2 Å². The molecule has 0 aliphatic rings. The van der Waals surface area contributed by atoms with Crippen molar-refractivity contribution in [2.45, 2.75) is 53.2 Å². The lowest BCUT2D eigenvalue weighted by Gasteiger charge is -2.27. The molecule has 2 aromatic carbocycles. The maximum atomic E-state index is 13.5. The van der Waals surface area contributed by atoms with Crippen molar-refractivity contribution in [2.24, 2.45) is 5.73 Å². The lowest BCUT2D eigenvalue weighted by molar-refractivity contribution is 0.0796. The standard InChI is InChI=1S/C27H30N2O4S/c1-15(2)33-18-10-11-19(17(4)14-18)24(30)27(5,6)29-26(32)22-20(23-16(3)12-13-34-23)8-7-9-21(22)25(28)31/h7-15H,1-6H3,(H2,28,31)(H,29,32). The van der Waals surface area contributed by atoms with Crippen LogP contribution in [-0.4, -0.2) is 29.2 Å². The van der Waals surface area contributed by atoms with Gasteiger partial charge >= 0.3 is 0 Å². The summed E-state index contributed by atoms with van der Waals surface area (Å²) >= 11 is 1.47. The van der Waals surface area contributed by atoms with Gasteiger partial charge in [-0.2, -0.15) is 0 Å². The zero-order valence-electron chi connectivity index (χ0n) is 20.3. The summed E-state index contributed by atoms with van der Waals surface area (Å²) in [6, 6.07) is 12.2. The summed E-state index contributed by atoms with van der Waals surface area (Å²) in [5.74, 6) is -0.813. The molecule has 0 radical (unpaired) electrons. The highest BCUT2D eigenvalue weighted by Gasteiger charge is 2.33. The van der Waals surface area contributed by atoms with E-state index in [-0.39, 0.29) is 23.0 Å². The number of ether oxygens (including phenoxy) is 1. The fourth-order valence-electron chi connectivity index (χ4n) is 3.82. The number of benzene rings is 2. The Hall–Kier alpha value is -3.45. The number of amides is 2. The van der Waals surface area contributed by atoms with E-state index in [1.54, 1.807) is 38.1 Å². The number of aryl methyl sites for hydroxylation is 2. The molecular formula is C27H30N2O4S. The van der Waals surface area contributed by atoms with Crippen LogP contribution in [0.4, 0.5) is 0 Å². The molecule has 0 spiro atoms. The molecule has 2 amide bonds. The summed E-state index contributed by atoms with van der Waals surface area (Å²) < 4.78 is 5.71. The Bertz CT molecular complexity index is 1260. The SMILES string of the molecule is Cc1cc(OC(C)C)ccc1C(=O)C(C)(C)NC(=O)c1c(C(N)=O)cccc1-c1sccc1C. The Kier molecular flexibility index (Phi) is 7.26. The number of carbonyl (C=O) groups is 3. The van der Waals surface area contributed by atoms with Crippen molar-refractivity contribution >= 4 is 28.9 Å². The average molecular weight is 479 g/mol. The Balaban J connectivity index is 1.97. The first-order valence-corrected chi connectivity index (χ1v) is 11.9. The third-order valence-corrected chi connectivity index (χ3v) is 6.52. The lowest BCUT2D eigenvalue weighted by atomic mass is 9.89. The quantitative estimate of drug-likeness (QED) is 0.429. The highest BCUT2D eigenvalue weighted by molar-refractivity contribution is 7.13. The lowest BCUT2D eigenvalue weighted by Crippen LogP contribution is -2.50. The maximum absolute atomic E-state index is 13.5. The molecule has 34 heavy (non-hydrogen) atoms. The summed E-state index contributed by atoms with van der Waals surface area (Å²) in [5.41, 5.74) is 7.46. The normalized spacial score (nSPS) is 11.4. The minimum atomic E-state index is -1.24. The van der Waals surface area contributed by atoms with Gasteiger partial charge in [0.2, 0.25) is 5.91 Å². The molecule has 7 heteroatoms. The minimum absolute atomic E-state index is 0.0168. The number of thiophene rings is 1. The molecule has 0 saturated carbocycles. The van der Waals surface area contributed by atoms with E-state index in [0.29, 0.717) is 16.9 Å². The number of carbonyl (C=O) groups excluding carboxylic acids is 3. The van der Waals surface area contributed by atoms with Gasteiger partial charge in [-0.15, -0.1) is 11.3 Å². The van der Waals surface area contributed by atoms with Crippen LogP contribution in [0.5, 0.6) is 5.75 Å². The van der Waals surface area contributed by atoms with Gasteiger partial charge < -0.3 is 15.8 Å². The molecule has 0 fully saturated rings. The van der Waals surface area contributed by atoms with Crippen LogP contribution in [0.15, 0.2) is 47.8 Å². The fraction of sp³-hybridized carbons (Fsp3) is 0.296. The molecule has 3 rings (SSSR count). The minimum Gasteiger partial charge on any atom is -0.491 e. The molecule has 0 saturated heterocycles. The summed E-state index contributed by atoms with van der Waals surface area (Å²) in [5, 5.41) is 4.76. The zero-order chi connectivity index (χ0) is 25.2. The van der Waals surface area contributed by atoms with Gasteiger partial charge in [-0.1, -0.05) is 12.1 Å². The van der Waals surface area contributed by atoms with Gasteiger partial charge in [-0.3, -0.25) is 14.4 Å². The molecule has 0 aliphatic heterocycles. The molecule has 3 N–H and O–H groups in total. The average Bonchev–Trinajstić information content (AvgIpc) is 3.17. The first kappa shape index (κ1) is 25.2. The summed E-state index contributed by atoms with van der Waals surface area (Å²) in [4.78, 5) is 40.0. The van der Waals surface area contributed by atoms with Crippen LogP contribution in [0.3, 0.4) is 0 Å². The van der Waals surface area contributed by atoms with E-state index in [0.717, 1.165) is 16.0 Å². The van der Waals surface area contributed by atoms with E-state index < -0.39 is 17.4 Å². The maximum Gasteiger partial charge on any atom is 0.253 e. The fourth-order valence-corrected chi connectivity index (χ4v) is 4.78. The highest BCUT2D eigenvalue weighted by atomic mass is 32.1. The second kappa shape index (κ2) is 9.81. The van der Waals surface area contributed by atoms with Crippen LogP contribution in [0, 0.1) is 13.8 Å². The third-order valence-electron chi connectivity index (χ3n) is 5.47. The van der Waals surface area contributed by atoms with Crippen molar-refractivity contribution in [3.63, 3.8) is 0 Å². The van der Waals surface area contributed by atoms with Gasteiger partial charge in [0.1, 0.15) is 5.75 Å². The Morgan fingerprint density at radius 2 is 1.71 bits per heavy atom. The van der Waals surface area contributed by atoms with Crippen molar-refractivity contribution in [3.8, 4) is 16.2 Å². The molecule has 1 heterocycles. The first-order chi connectivity index (χ1) is 15.9. The number of nitrogens with two attached hydrogens (primary N) is 1. The van der Waals surface area contributed by atoms with E-state index in [2.05, 4.69) is 5.32 Å². The number of hydrogen-bond acceptors (Lipinski definition) is 5. The number of rotatable bonds is 8. The number of primary amides is 1. The molecule has 0 bridgehead atoms. The Morgan fingerprint density at radius 1 is 1.00 bits per heavy atom. The Morgan fingerprint density at radius 3 is 2.26 bits per heavy atom. The monoisotopic (exact) mass is 478 g/mol. The van der Waals surface area contributed by atoms with Crippen LogP contribution < -0.4 is 15.8 Å². The van der Waals surface area contributed by atoms with Crippen molar-refractivity contribution in [1.82, 2.24) is 5.32 Å². The third kappa shape index (κ3) is 5.20. The summed E-state index contributed by atoms with van der Waals surface area (Å²) in [6.07, 6.45) is 0.0168. The molecular weight excluding hydrogens is 448 g/mol. The van der Waals surface area contributed by atoms with Crippen molar-refractivity contribution in [3.05, 3.63) is 75.7 Å². The molecule has 178 valence electrons. The van der Waals surface area contributed by atoms with Crippen LogP contribution in [-0.2, 0) is 0 Å². The number of Topliss-reactive ketones (excluding diaryl/α,β-unsaturated/α-hetero) is 1. The van der Waals surface area contributed by atoms with E-state index in [1.165, 1.54) is 17.4 Å². The van der Waals surface area contributed by atoms with Gasteiger partial charge in [0.15, 0.2) is 5.78 Å². The van der Waals surface area contributed by atoms with E-state index in [4.69, 9.17) is 10.5 Å². The van der Waals surface area contributed by atoms with Crippen LogP contribution >= 0.6 is 11.3 Å². The highest BCUT2D eigenvalue weighted by Crippen LogP contribution is 2.34. The van der Waals surface area contributed by atoms with Gasteiger partial charge in [0.25, 0.3) is 5.91 Å². The van der Waals surface area contributed by atoms with Crippen LogP contribution in [0.1, 0.15) is 69.9 Å². The van der Waals surface area contributed by atoms with Gasteiger partial charge in [-0.25, -0.2) is 0 Å². The van der Waals surface area contributed by atoms with Gasteiger partial charge in [0.05, 0.1) is 22.8 Å². The van der Waals surface area contributed by atoms with Gasteiger partial charge in [0, 0.05) is 16.0 Å². The molecule has 0 unspecified atom stereocenters. The van der Waals surface area contributed by atoms with Crippen LogP contribution in [0.2, 0.25) is 0 Å². The predicted molar refractivity (Wildman–Crippen MR) is 136 cm³/mol. The van der Waals surface area contributed by atoms with Crippen molar-refractivity contribution in [2.75, 3.05) is 0 Å². The topological polar surface area (TPSA) is 98.5 Å². The molecule has 0 atom stereocenters. The van der Waals surface area contributed by atoms with Crippen molar-refractivity contribution < 1.29 is 19.1 Å². The number of hydrogen-bond donors (Lipinski definition) is 2. The zero-order valence-corrected chi connectivity index (χ0v) is 21.1. The summed E-state index contributed by atoms with van der Waals surface area (Å²) in [6.45, 7) is 10.9. The molecule has 0 aliphatic carbocycles. The second-order valence-corrected chi connectivity index (χ2v) is 9.99. The molecule has 1 aromatic heterocycles. The summed E-state index contributed by atoms with van der Waals surface area (Å²) in [7, 11) is 0. The van der Waals surface area contributed by atoms with Gasteiger partial charge in [-0.05, 0) is 88.4 Å². The second-order valence-electron chi connectivity index (χ2n) is 9.08. The number of ketones is 1. The predicted octanol–water partition coefficient (Wildman–Crippen LogP) is 5.31. The largest absolute Gasteiger partial charge is 0.491 e. The van der Waals surface area contributed by atoms with Crippen LogP contribution in [0.25, 0.3) is 10.4 Å². The number of nitrogens with one attached hydrogen (secondary N) is 1. The first-order valence-electron chi connectivity index (χ1n) is 11.0. The van der Waals surface area contributed by atoms with E-state index >= 15 is 0 Å². The Labute approximate surface area is 204 Å². The van der Waals surface area contributed by atoms with Crippen molar-refractivity contribution in [1.29, 1.82) is 0 Å². The molecule has 6 nitrogen and oxygen atoms in total. The smallest absolute Gasteiger partial charge is 0.253 e. The van der Waals surface area contributed by atoms with E-state index in [9.17, 15) is 14.4 Å².